The van der Waals surface area contributed by atoms with Crippen LogP contribution < -0.4 is 5.32 Å². The highest BCUT2D eigenvalue weighted by Gasteiger charge is 2.26. The van der Waals surface area contributed by atoms with E-state index >= 15 is 0 Å². The predicted molar refractivity (Wildman–Crippen MR) is 75.5 cm³/mol. The maximum Gasteiger partial charge on any atom is 0.243 e. The Morgan fingerprint density at radius 1 is 1.21 bits per heavy atom. The van der Waals surface area contributed by atoms with E-state index in [2.05, 4.69) is 21.2 Å². The number of nitrogens with one attached hydrogen (secondary N) is 1. The SMILES string of the molecule is O=C1CCN(S(=O)(=O)c2ccc(CBr)cc2)CCN1. The molecule has 0 aliphatic carbocycles. The molecule has 1 aromatic carbocycles. The fourth-order valence-electron chi connectivity index (χ4n) is 1.89. The van der Waals surface area contributed by atoms with E-state index in [1.165, 1.54) is 4.31 Å². The summed E-state index contributed by atoms with van der Waals surface area (Å²) in [6.07, 6.45) is 0.207. The lowest BCUT2D eigenvalue weighted by Gasteiger charge is -2.19. The molecule has 0 unspecified atom stereocenters. The van der Waals surface area contributed by atoms with Crippen molar-refractivity contribution < 1.29 is 13.2 Å². The van der Waals surface area contributed by atoms with Crippen molar-refractivity contribution in [3.8, 4) is 0 Å². The van der Waals surface area contributed by atoms with E-state index in [9.17, 15) is 13.2 Å². The van der Waals surface area contributed by atoms with Gasteiger partial charge in [0.25, 0.3) is 0 Å². The molecule has 0 saturated carbocycles. The highest BCUT2D eigenvalue weighted by Crippen LogP contribution is 2.18. The van der Waals surface area contributed by atoms with Crippen LogP contribution in [0.2, 0.25) is 0 Å². The van der Waals surface area contributed by atoms with E-state index in [0.29, 0.717) is 18.4 Å². The molecule has 0 bridgehead atoms. The summed E-state index contributed by atoms with van der Waals surface area (Å²) in [7, 11) is -3.51. The first-order valence-electron chi connectivity index (χ1n) is 5.96. The average molecular weight is 347 g/mol. The summed E-state index contributed by atoms with van der Waals surface area (Å²) in [5.74, 6) is -0.104. The molecule has 1 aliphatic heterocycles. The van der Waals surface area contributed by atoms with Crippen molar-refractivity contribution in [1.29, 1.82) is 0 Å². The largest absolute Gasteiger partial charge is 0.355 e. The lowest BCUT2D eigenvalue weighted by Crippen LogP contribution is -2.34. The minimum absolute atomic E-state index is 0.104. The van der Waals surface area contributed by atoms with Gasteiger partial charge in [0.1, 0.15) is 0 Å². The number of alkyl halides is 1. The van der Waals surface area contributed by atoms with Gasteiger partial charge >= 0.3 is 0 Å². The van der Waals surface area contributed by atoms with Gasteiger partial charge in [0.2, 0.25) is 15.9 Å². The van der Waals surface area contributed by atoms with Gasteiger partial charge < -0.3 is 5.32 Å². The molecule has 1 amide bonds. The van der Waals surface area contributed by atoms with Crippen LogP contribution in [0.25, 0.3) is 0 Å². The Labute approximate surface area is 121 Å². The molecule has 5 nitrogen and oxygen atoms in total. The lowest BCUT2D eigenvalue weighted by molar-refractivity contribution is -0.120. The fraction of sp³-hybridized carbons (Fsp3) is 0.417. The average Bonchev–Trinajstić information content (AvgIpc) is 2.64. The first kappa shape index (κ1) is 14.5. The van der Waals surface area contributed by atoms with Gasteiger partial charge in [-0.05, 0) is 17.7 Å². The van der Waals surface area contributed by atoms with Crippen molar-refractivity contribution in [3.05, 3.63) is 29.8 Å². The third kappa shape index (κ3) is 3.34. The van der Waals surface area contributed by atoms with Crippen LogP contribution >= 0.6 is 15.9 Å². The van der Waals surface area contributed by atoms with Crippen LogP contribution in [0, 0.1) is 0 Å². The normalized spacial score (nSPS) is 17.8. The summed E-state index contributed by atoms with van der Waals surface area (Å²) in [5.41, 5.74) is 1.02. The summed E-state index contributed by atoms with van der Waals surface area (Å²) >= 11 is 3.32. The van der Waals surface area contributed by atoms with E-state index in [1.54, 1.807) is 24.3 Å². The van der Waals surface area contributed by atoms with E-state index in [4.69, 9.17) is 0 Å². The number of rotatable bonds is 3. The Morgan fingerprint density at radius 2 is 1.89 bits per heavy atom. The van der Waals surface area contributed by atoms with Crippen molar-refractivity contribution in [1.82, 2.24) is 9.62 Å². The molecule has 0 radical (unpaired) electrons. The summed E-state index contributed by atoms with van der Waals surface area (Å²) in [6.45, 7) is 0.903. The summed E-state index contributed by atoms with van der Waals surface area (Å²) in [5, 5.41) is 3.35. The lowest BCUT2D eigenvalue weighted by atomic mass is 10.2. The first-order chi connectivity index (χ1) is 9.04. The second-order valence-electron chi connectivity index (χ2n) is 4.28. The number of amides is 1. The molecule has 0 aromatic heterocycles. The molecule has 104 valence electrons. The summed E-state index contributed by atoms with van der Waals surface area (Å²) < 4.78 is 26.2. The zero-order valence-corrected chi connectivity index (χ0v) is 12.7. The third-order valence-corrected chi connectivity index (χ3v) is 5.55. The van der Waals surface area contributed by atoms with Crippen molar-refractivity contribution in [3.63, 3.8) is 0 Å². The van der Waals surface area contributed by atoms with E-state index in [1.807, 2.05) is 0 Å². The van der Waals surface area contributed by atoms with Crippen molar-refractivity contribution in [2.45, 2.75) is 16.6 Å². The van der Waals surface area contributed by atoms with Crippen LogP contribution in [0.3, 0.4) is 0 Å². The number of hydrogen-bond donors (Lipinski definition) is 1. The fourth-order valence-corrected chi connectivity index (χ4v) is 3.70. The monoisotopic (exact) mass is 346 g/mol. The molecular formula is C12H15BrN2O3S. The van der Waals surface area contributed by atoms with Gasteiger partial charge in [0.15, 0.2) is 0 Å². The van der Waals surface area contributed by atoms with Crippen molar-refractivity contribution in [2.24, 2.45) is 0 Å². The molecule has 1 aromatic rings. The van der Waals surface area contributed by atoms with Gasteiger partial charge in [-0.15, -0.1) is 0 Å². The third-order valence-electron chi connectivity index (χ3n) is 2.99. The first-order valence-corrected chi connectivity index (χ1v) is 8.52. The zero-order chi connectivity index (χ0) is 13.9. The Bertz CT molecular complexity index is 557. The Hall–Kier alpha value is -0.920. The number of carbonyl (C=O) groups excluding carboxylic acids is 1. The molecule has 1 heterocycles. The Morgan fingerprint density at radius 3 is 2.53 bits per heavy atom. The summed E-state index contributed by atoms with van der Waals surface area (Å²) in [4.78, 5) is 11.5. The summed E-state index contributed by atoms with van der Waals surface area (Å²) in [6, 6.07) is 6.77. The molecule has 1 N–H and O–H groups in total. The van der Waals surface area contributed by atoms with Crippen LogP contribution in [-0.2, 0) is 20.1 Å². The second kappa shape index (κ2) is 6.02. The van der Waals surface area contributed by atoms with Crippen molar-refractivity contribution >= 4 is 31.9 Å². The molecule has 1 aliphatic rings. The van der Waals surface area contributed by atoms with Gasteiger partial charge in [-0.1, -0.05) is 28.1 Å². The standard InChI is InChI=1S/C12H15BrN2O3S/c13-9-10-1-3-11(4-2-10)19(17,18)15-7-5-12(16)14-6-8-15/h1-4H,5-9H2,(H,14,16). The predicted octanol–water partition coefficient (Wildman–Crippen LogP) is 1.09. The van der Waals surface area contributed by atoms with Gasteiger partial charge in [-0.25, -0.2) is 8.42 Å². The highest BCUT2D eigenvalue weighted by molar-refractivity contribution is 9.08. The van der Waals surface area contributed by atoms with Crippen LogP contribution in [0.1, 0.15) is 12.0 Å². The zero-order valence-electron chi connectivity index (χ0n) is 10.3. The number of carbonyl (C=O) groups is 1. The smallest absolute Gasteiger partial charge is 0.243 e. The maximum atomic E-state index is 12.4. The Balaban J connectivity index is 2.22. The van der Waals surface area contributed by atoms with Gasteiger partial charge in [0.05, 0.1) is 4.90 Å². The quantitative estimate of drug-likeness (QED) is 0.833. The number of sulfonamides is 1. The van der Waals surface area contributed by atoms with Crippen LogP contribution in [0.15, 0.2) is 29.2 Å². The minimum atomic E-state index is -3.51. The number of hydrogen-bond acceptors (Lipinski definition) is 3. The molecular weight excluding hydrogens is 332 g/mol. The van der Waals surface area contributed by atoms with E-state index < -0.39 is 10.0 Å². The van der Waals surface area contributed by atoms with E-state index in [-0.39, 0.29) is 23.8 Å². The van der Waals surface area contributed by atoms with Crippen LogP contribution in [-0.4, -0.2) is 38.3 Å². The highest BCUT2D eigenvalue weighted by atomic mass is 79.9. The number of halogens is 1. The molecule has 7 heteroatoms. The maximum absolute atomic E-state index is 12.4. The van der Waals surface area contributed by atoms with Crippen LogP contribution in [0.5, 0.6) is 0 Å². The molecule has 2 rings (SSSR count). The van der Waals surface area contributed by atoms with Crippen molar-refractivity contribution in [2.75, 3.05) is 19.6 Å². The van der Waals surface area contributed by atoms with E-state index in [0.717, 1.165) is 5.56 Å². The molecule has 1 fully saturated rings. The van der Waals surface area contributed by atoms with Gasteiger partial charge in [0, 0.05) is 31.4 Å². The van der Waals surface area contributed by atoms with Gasteiger partial charge in [-0.2, -0.15) is 4.31 Å². The molecule has 19 heavy (non-hydrogen) atoms. The minimum Gasteiger partial charge on any atom is -0.355 e. The van der Waals surface area contributed by atoms with Gasteiger partial charge in [-0.3, -0.25) is 4.79 Å². The molecule has 1 saturated heterocycles. The second-order valence-corrected chi connectivity index (χ2v) is 6.78. The number of benzene rings is 1. The Kier molecular flexibility index (Phi) is 4.59. The molecule has 0 atom stereocenters. The molecule has 0 spiro atoms. The number of nitrogens with zero attached hydrogens (tertiary/aromatic N) is 1. The van der Waals surface area contributed by atoms with Crippen LogP contribution in [0.4, 0.5) is 0 Å². The topological polar surface area (TPSA) is 66.5 Å².